The highest BCUT2D eigenvalue weighted by atomic mass is 16.7. The minimum atomic E-state index is -1.62. The van der Waals surface area contributed by atoms with Crippen molar-refractivity contribution >= 4 is 5.91 Å². The average Bonchev–Trinajstić information content (AvgIpc) is 3.25. The van der Waals surface area contributed by atoms with Gasteiger partial charge in [0, 0.05) is 0 Å². The molecule has 1 rings (SSSR count). The van der Waals surface area contributed by atoms with E-state index in [9.17, 15) is 35.4 Å². The van der Waals surface area contributed by atoms with Crippen molar-refractivity contribution in [3.63, 3.8) is 0 Å². The topological polar surface area (TPSA) is 169 Å². The van der Waals surface area contributed by atoms with Crippen LogP contribution in [-0.2, 0) is 14.3 Å². The van der Waals surface area contributed by atoms with Crippen LogP contribution in [0.15, 0.2) is 48.6 Å². The molecule has 1 amide bonds. The zero-order valence-electron chi connectivity index (χ0n) is 38.1. The third-order valence-corrected chi connectivity index (χ3v) is 11.5. The van der Waals surface area contributed by atoms with Crippen LogP contribution in [-0.4, -0.2) is 98.7 Å². The predicted octanol–water partition coefficient (Wildman–Crippen LogP) is 9.59. The minimum absolute atomic E-state index is 0.293. The molecule has 1 aliphatic heterocycles. The largest absolute Gasteiger partial charge is 0.394 e. The van der Waals surface area contributed by atoms with Crippen molar-refractivity contribution in [3.8, 4) is 0 Å². The van der Waals surface area contributed by atoms with Crippen LogP contribution in [0.25, 0.3) is 0 Å². The maximum absolute atomic E-state index is 13.0. The van der Waals surface area contributed by atoms with Gasteiger partial charge in [0.1, 0.15) is 30.5 Å². The first-order valence-electron chi connectivity index (χ1n) is 24.5. The summed E-state index contributed by atoms with van der Waals surface area (Å²) in [5, 5.41) is 64.6. The molecule has 1 aliphatic rings. The number of hydrogen-bond acceptors (Lipinski definition) is 9. The van der Waals surface area contributed by atoms with Gasteiger partial charge in [0.2, 0.25) is 5.91 Å². The van der Waals surface area contributed by atoms with Crippen LogP contribution in [0.3, 0.4) is 0 Å². The third-order valence-electron chi connectivity index (χ3n) is 11.5. The lowest BCUT2D eigenvalue weighted by molar-refractivity contribution is -0.302. The number of amides is 1. The van der Waals surface area contributed by atoms with E-state index in [-0.39, 0.29) is 6.61 Å². The number of ether oxygens (including phenoxy) is 2. The van der Waals surface area contributed by atoms with Crippen LogP contribution in [0.5, 0.6) is 0 Å². The van der Waals surface area contributed by atoms with Gasteiger partial charge in [0.05, 0.1) is 25.4 Å². The molecule has 0 bridgehead atoms. The normalized spacial score (nSPS) is 21.5. The van der Waals surface area contributed by atoms with E-state index in [1.807, 2.05) is 6.08 Å². The van der Waals surface area contributed by atoms with E-state index < -0.39 is 61.5 Å². The maximum atomic E-state index is 13.0. The number of aliphatic hydroxyl groups is 6. The quantitative estimate of drug-likeness (QED) is 0.0235. The Hall–Kier alpha value is -1.89. The van der Waals surface area contributed by atoms with Gasteiger partial charge in [-0.15, -0.1) is 0 Å². The molecule has 10 heteroatoms. The number of rotatable bonds is 40. The van der Waals surface area contributed by atoms with E-state index >= 15 is 0 Å². The first-order chi connectivity index (χ1) is 29.3. The average molecular weight is 850 g/mol. The molecule has 350 valence electrons. The van der Waals surface area contributed by atoms with Gasteiger partial charge >= 0.3 is 0 Å². The molecular formula is C50H91NO9. The predicted molar refractivity (Wildman–Crippen MR) is 245 cm³/mol. The van der Waals surface area contributed by atoms with Crippen LogP contribution >= 0.6 is 0 Å². The highest BCUT2D eigenvalue weighted by molar-refractivity contribution is 5.80. The summed E-state index contributed by atoms with van der Waals surface area (Å²) >= 11 is 0. The fourth-order valence-corrected chi connectivity index (χ4v) is 7.42. The molecule has 1 heterocycles. The summed E-state index contributed by atoms with van der Waals surface area (Å²) in [6, 6.07) is -1.01. The third kappa shape index (κ3) is 29.4. The van der Waals surface area contributed by atoms with Gasteiger partial charge in [0.15, 0.2) is 6.29 Å². The Balaban J connectivity index is 2.36. The van der Waals surface area contributed by atoms with Crippen LogP contribution in [0, 0.1) is 0 Å². The molecule has 60 heavy (non-hydrogen) atoms. The smallest absolute Gasteiger partial charge is 0.249 e. The van der Waals surface area contributed by atoms with Crippen molar-refractivity contribution in [2.75, 3.05) is 13.2 Å². The van der Waals surface area contributed by atoms with Crippen LogP contribution in [0.1, 0.15) is 200 Å². The first-order valence-corrected chi connectivity index (χ1v) is 24.5. The fraction of sp³-hybridized carbons (Fsp3) is 0.820. The second-order valence-electron chi connectivity index (χ2n) is 17.0. The molecule has 7 N–H and O–H groups in total. The lowest BCUT2D eigenvalue weighted by atomic mass is 9.99. The van der Waals surface area contributed by atoms with E-state index in [1.54, 1.807) is 6.08 Å². The highest BCUT2D eigenvalue weighted by Gasteiger charge is 2.44. The molecule has 0 aromatic heterocycles. The van der Waals surface area contributed by atoms with E-state index in [2.05, 4.69) is 55.6 Å². The Morgan fingerprint density at radius 1 is 0.567 bits per heavy atom. The van der Waals surface area contributed by atoms with Gasteiger partial charge in [0.25, 0.3) is 0 Å². The molecular weight excluding hydrogens is 759 g/mol. The molecule has 0 radical (unpaired) electrons. The Morgan fingerprint density at radius 3 is 1.48 bits per heavy atom. The van der Waals surface area contributed by atoms with Crippen molar-refractivity contribution in [2.24, 2.45) is 0 Å². The Labute approximate surface area is 366 Å². The number of aliphatic hydroxyl groups excluding tert-OH is 6. The number of nitrogens with one attached hydrogen (secondary N) is 1. The standard InChI is InChI=1S/C50H91NO9/c1-3-5-7-9-11-13-15-17-18-19-20-21-22-23-24-25-27-29-31-33-35-37-39-44(54)49(58)51-42(41-59-50-48(57)47(56)46(55)45(40-52)60-50)43(53)38-36-34-32-30-28-26-16-14-12-10-8-6-4-2/h12,14,23-24,28,30,36,38,42-48,50,52-57H,3-11,13,15-22,25-27,29,31-35,37,39-41H2,1-2H3,(H,51,58)/b14-12+,24-23-,30-28+,38-36+. The zero-order valence-corrected chi connectivity index (χ0v) is 38.1. The number of unbranched alkanes of at least 4 members (excludes halogenated alkanes) is 23. The maximum Gasteiger partial charge on any atom is 0.249 e. The van der Waals surface area contributed by atoms with Crippen molar-refractivity contribution < 1.29 is 44.9 Å². The van der Waals surface area contributed by atoms with Crippen molar-refractivity contribution in [1.29, 1.82) is 0 Å². The molecule has 8 unspecified atom stereocenters. The second-order valence-corrected chi connectivity index (χ2v) is 17.0. The van der Waals surface area contributed by atoms with Crippen LogP contribution < -0.4 is 5.32 Å². The van der Waals surface area contributed by atoms with Crippen LogP contribution in [0.2, 0.25) is 0 Å². The number of carbonyl (C=O) groups is 1. The first kappa shape index (κ1) is 56.1. The molecule has 0 aromatic carbocycles. The van der Waals surface area contributed by atoms with Gasteiger partial charge in [-0.2, -0.15) is 0 Å². The van der Waals surface area contributed by atoms with E-state index in [4.69, 9.17) is 9.47 Å². The van der Waals surface area contributed by atoms with Gasteiger partial charge in [-0.3, -0.25) is 4.79 Å². The summed E-state index contributed by atoms with van der Waals surface area (Å²) in [4.78, 5) is 13.0. The second kappa shape index (κ2) is 39.9. The minimum Gasteiger partial charge on any atom is -0.394 e. The number of allylic oxidation sites excluding steroid dienone is 7. The van der Waals surface area contributed by atoms with Crippen molar-refractivity contribution in [2.45, 2.75) is 249 Å². The summed E-state index contributed by atoms with van der Waals surface area (Å²) in [6.07, 6.45) is 40.6. The molecule has 0 saturated carbocycles. The summed E-state index contributed by atoms with van der Waals surface area (Å²) in [5.74, 6) is -0.637. The van der Waals surface area contributed by atoms with Crippen LogP contribution in [0.4, 0.5) is 0 Å². The van der Waals surface area contributed by atoms with Crippen molar-refractivity contribution in [3.05, 3.63) is 48.6 Å². The molecule has 0 spiro atoms. The molecule has 1 saturated heterocycles. The van der Waals surface area contributed by atoms with E-state index in [0.717, 1.165) is 51.4 Å². The molecule has 10 nitrogen and oxygen atoms in total. The van der Waals surface area contributed by atoms with Gasteiger partial charge in [-0.05, 0) is 70.6 Å². The van der Waals surface area contributed by atoms with E-state index in [0.29, 0.717) is 19.3 Å². The summed E-state index contributed by atoms with van der Waals surface area (Å²) in [6.45, 7) is 3.55. The van der Waals surface area contributed by atoms with E-state index in [1.165, 1.54) is 116 Å². The number of hydrogen-bond donors (Lipinski definition) is 7. The zero-order chi connectivity index (χ0) is 43.9. The summed E-state index contributed by atoms with van der Waals surface area (Å²) < 4.78 is 11.1. The SMILES string of the molecule is CCCCC/C=C/CC/C=C/CC/C=C/C(O)C(COC1OC(CO)C(O)C(O)C1O)NC(=O)C(O)CCCCCCCC/C=C\CCCCCCCCCCCCCC. The highest BCUT2D eigenvalue weighted by Crippen LogP contribution is 2.22. The van der Waals surface area contributed by atoms with Gasteiger partial charge in [-0.1, -0.05) is 178 Å². The lowest BCUT2D eigenvalue weighted by Crippen LogP contribution is -2.60. The van der Waals surface area contributed by atoms with Gasteiger partial charge < -0.3 is 45.4 Å². The Morgan fingerprint density at radius 2 is 0.983 bits per heavy atom. The molecule has 0 aliphatic carbocycles. The van der Waals surface area contributed by atoms with Crippen molar-refractivity contribution in [1.82, 2.24) is 5.32 Å². The molecule has 0 aromatic rings. The number of carbonyl (C=O) groups excluding carboxylic acids is 1. The monoisotopic (exact) mass is 850 g/mol. The fourth-order valence-electron chi connectivity index (χ4n) is 7.42. The lowest BCUT2D eigenvalue weighted by Gasteiger charge is -2.40. The Bertz CT molecular complexity index is 1100. The molecule has 8 atom stereocenters. The van der Waals surface area contributed by atoms with Gasteiger partial charge in [-0.25, -0.2) is 0 Å². The summed E-state index contributed by atoms with van der Waals surface area (Å²) in [5.41, 5.74) is 0. The summed E-state index contributed by atoms with van der Waals surface area (Å²) in [7, 11) is 0. The Kier molecular flexibility index (Phi) is 37.3. The molecule has 1 fully saturated rings.